The molecule has 0 bridgehead atoms. The van der Waals surface area contributed by atoms with Gasteiger partial charge in [0.15, 0.2) is 0 Å². The zero-order valence-corrected chi connectivity index (χ0v) is 10.9. The van der Waals surface area contributed by atoms with E-state index in [1.54, 1.807) is 0 Å². The van der Waals surface area contributed by atoms with Crippen LogP contribution in [0.25, 0.3) is 0 Å². The number of hydrogen-bond donors (Lipinski definition) is 0. The molecule has 0 radical (unpaired) electrons. The SMILES string of the molecule is COC(=O)CN(CC(=O)OC)c1ccncc1[N+](=O)[O-]. The Balaban J connectivity index is 3.12. The van der Waals surface area contributed by atoms with Gasteiger partial charge in [0.05, 0.1) is 19.1 Å². The van der Waals surface area contributed by atoms with Gasteiger partial charge in [0.1, 0.15) is 25.0 Å². The molecule has 0 saturated carbocycles. The Hall–Kier alpha value is -2.71. The molecule has 0 aliphatic rings. The summed E-state index contributed by atoms with van der Waals surface area (Å²) in [5, 5.41) is 10.9. The second-order valence-electron chi connectivity index (χ2n) is 3.63. The zero-order chi connectivity index (χ0) is 15.1. The van der Waals surface area contributed by atoms with Crippen LogP contribution in [-0.2, 0) is 19.1 Å². The smallest absolute Gasteiger partial charge is 0.325 e. The number of carbonyl (C=O) groups is 2. The summed E-state index contributed by atoms with van der Waals surface area (Å²) in [4.78, 5) is 37.8. The molecule has 1 rings (SSSR count). The van der Waals surface area contributed by atoms with Crippen molar-refractivity contribution in [2.24, 2.45) is 0 Å². The maximum Gasteiger partial charge on any atom is 0.325 e. The van der Waals surface area contributed by atoms with Gasteiger partial charge in [-0.05, 0) is 6.07 Å². The molecule has 0 N–H and O–H groups in total. The number of hydrogen-bond acceptors (Lipinski definition) is 8. The van der Waals surface area contributed by atoms with Gasteiger partial charge >= 0.3 is 17.6 Å². The molecule has 1 heterocycles. The number of ether oxygens (including phenoxy) is 2. The van der Waals surface area contributed by atoms with Crippen LogP contribution in [0.15, 0.2) is 18.5 Å². The molecule has 1 aromatic rings. The van der Waals surface area contributed by atoms with Crippen LogP contribution >= 0.6 is 0 Å². The fourth-order valence-electron chi connectivity index (χ4n) is 1.45. The molecular formula is C11H13N3O6. The third kappa shape index (κ3) is 3.90. The van der Waals surface area contributed by atoms with E-state index in [0.29, 0.717) is 0 Å². The molecule has 9 heteroatoms. The molecule has 20 heavy (non-hydrogen) atoms. The molecule has 0 aromatic carbocycles. The van der Waals surface area contributed by atoms with E-state index < -0.39 is 16.9 Å². The fourth-order valence-corrected chi connectivity index (χ4v) is 1.45. The Morgan fingerprint density at radius 3 is 2.30 bits per heavy atom. The Kier molecular flexibility index (Phi) is 5.39. The molecule has 0 unspecified atom stereocenters. The topological polar surface area (TPSA) is 112 Å². The van der Waals surface area contributed by atoms with Crippen molar-refractivity contribution in [2.75, 3.05) is 32.2 Å². The largest absolute Gasteiger partial charge is 0.468 e. The van der Waals surface area contributed by atoms with Crippen LogP contribution < -0.4 is 4.90 Å². The normalized spacial score (nSPS) is 9.70. The highest BCUT2D eigenvalue weighted by atomic mass is 16.6. The van der Waals surface area contributed by atoms with Crippen molar-refractivity contribution in [3.8, 4) is 0 Å². The Morgan fingerprint density at radius 2 is 1.85 bits per heavy atom. The molecule has 0 atom stereocenters. The third-order valence-corrected chi connectivity index (χ3v) is 2.41. The fraction of sp³-hybridized carbons (Fsp3) is 0.364. The number of pyridine rings is 1. The lowest BCUT2D eigenvalue weighted by Gasteiger charge is -2.21. The van der Waals surface area contributed by atoms with Crippen molar-refractivity contribution >= 4 is 23.3 Å². The predicted octanol–water partition coefficient (Wildman–Crippen LogP) is 0.142. The predicted molar refractivity (Wildman–Crippen MR) is 67.1 cm³/mol. The van der Waals surface area contributed by atoms with E-state index in [0.717, 1.165) is 6.20 Å². The molecule has 0 aliphatic carbocycles. The van der Waals surface area contributed by atoms with Crippen molar-refractivity contribution in [3.63, 3.8) is 0 Å². The lowest BCUT2D eigenvalue weighted by molar-refractivity contribution is -0.384. The van der Waals surface area contributed by atoms with Gasteiger partial charge in [-0.3, -0.25) is 24.7 Å². The summed E-state index contributed by atoms with van der Waals surface area (Å²) in [6.45, 7) is -0.646. The van der Waals surface area contributed by atoms with Crippen LogP contribution in [0.2, 0.25) is 0 Å². The number of anilines is 1. The first kappa shape index (κ1) is 15.3. The van der Waals surface area contributed by atoms with Crippen LogP contribution in [0.1, 0.15) is 0 Å². The monoisotopic (exact) mass is 283 g/mol. The summed E-state index contributed by atoms with van der Waals surface area (Å²) in [6, 6.07) is 1.34. The number of nitro groups is 1. The molecule has 0 saturated heterocycles. The van der Waals surface area contributed by atoms with E-state index in [-0.39, 0.29) is 24.5 Å². The van der Waals surface area contributed by atoms with Crippen LogP contribution in [0, 0.1) is 10.1 Å². The third-order valence-electron chi connectivity index (χ3n) is 2.41. The average Bonchev–Trinajstić information content (AvgIpc) is 2.46. The van der Waals surface area contributed by atoms with Gasteiger partial charge in [0.25, 0.3) is 0 Å². The number of methoxy groups -OCH3 is 2. The highest BCUT2D eigenvalue weighted by Gasteiger charge is 2.23. The first-order chi connectivity index (χ1) is 9.49. The zero-order valence-electron chi connectivity index (χ0n) is 10.9. The molecule has 0 aliphatic heterocycles. The molecule has 0 fully saturated rings. The number of esters is 2. The molecule has 1 aromatic heterocycles. The Bertz CT molecular complexity index is 501. The number of rotatable bonds is 6. The van der Waals surface area contributed by atoms with Crippen LogP contribution in [0.4, 0.5) is 11.4 Å². The summed E-state index contributed by atoms with van der Waals surface area (Å²) < 4.78 is 9.00. The summed E-state index contributed by atoms with van der Waals surface area (Å²) >= 11 is 0. The van der Waals surface area contributed by atoms with Gasteiger partial charge in [-0.1, -0.05) is 0 Å². The van der Waals surface area contributed by atoms with E-state index >= 15 is 0 Å². The van der Waals surface area contributed by atoms with Gasteiger partial charge < -0.3 is 14.4 Å². The van der Waals surface area contributed by atoms with Gasteiger partial charge in [-0.15, -0.1) is 0 Å². The van der Waals surface area contributed by atoms with E-state index in [2.05, 4.69) is 14.5 Å². The molecule has 0 spiro atoms. The number of carbonyl (C=O) groups excluding carboxylic acids is 2. The molecule has 0 amide bonds. The number of aromatic nitrogens is 1. The summed E-state index contributed by atoms with van der Waals surface area (Å²) in [6.07, 6.45) is 2.36. The highest BCUT2D eigenvalue weighted by Crippen LogP contribution is 2.26. The quantitative estimate of drug-likeness (QED) is 0.411. The minimum Gasteiger partial charge on any atom is -0.468 e. The molecule has 9 nitrogen and oxygen atoms in total. The average molecular weight is 283 g/mol. The number of nitrogens with zero attached hydrogens (tertiary/aromatic N) is 3. The van der Waals surface area contributed by atoms with E-state index in [1.807, 2.05) is 0 Å². The van der Waals surface area contributed by atoms with Gasteiger partial charge in [-0.2, -0.15) is 0 Å². The molecule has 108 valence electrons. The van der Waals surface area contributed by atoms with E-state index in [1.165, 1.54) is 31.4 Å². The van der Waals surface area contributed by atoms with Crippen LogP contribution in [0.3, 0.4) is 0 Å². The van der Waals surface area contributed by atoms with Gasteiger partial charge in [-0.25, -0.2) is 0 Å². The first-order valence-corrected chi connectivity index (χ1v) is 5.46. The Labute approximate surface area is 114 Å². The Morgan fingerprint density at radius 1 is 1.30 bits per heavy atom. The van der Waals surface area contributed by atoms with Crippen molar-refractivity contribution in [1.29, 1.82) is 0 Å². The minimum absolute atomic E-state index is 0.0841. The van der Waals surface area contributed by atoms with E-state index in [4.69, 9.17) is 0 Å². The van der Waals surface area contributed by atoms with Crippen LogP contribution in [-0.4, -0.2) is 49.2 Å². The van der Waals surface area contributed by atoms with Gasteiger partial charge in [0, 0.05) is 6.20 Å². The highest BCUT2D eigenvalue weighted by molar-refractivity contribution is 5.83. The second kappa shape index (κ2) is 7.02. The van der Waals surface area contributed by atoms with Crippen molar-refractivity contribution in [3.05, 3.63) is 28.6 Å². The van der Waals surface area contributed by atoms with Crippen molar-refractivity contribution in [2.45, 2.75) is 0 Å². The van der Waals surface area contributed by atoms with Crippen molar-refractivity contribution in [1.82, 2.24) is 4.98 Å². The lowest BCUT2D eigenvalue weighted by Crippen LogP contribution is -2.36. The maximum atomic E-state index is 11.3. The maximum absolute atomic E-state index is 11.3. The lowest BCUT2D eigenvalue weighted by atomic mass is 10.3. The summed E-state index contributed by atoms with van der Waals surface area (Å²) in [5.74, 6) is -1.28. The summed E-state index contributed by atoms with van der Waals surface area (Å²) in [5.41, 5.74) is -0.235. The molecular weight excluding hydrogens is 270 g/mol. The minimum atomic E-state index is -0.649. The summed E-state index contributed by atoms with van der Waals surface area (Å²) in [7, 11) is 2.36. The van der Waals surface area contributed by atoms with Crippen molar-refractivity contribution < 1.29 is 24.0 Å². The van der Waals surface area contributed by atoms with E-state index in [9.17, 15) is 19.7 Å². The second-order valence-corrected chi connectivity index (χ2v) is 3.63. The van der Waals surface area contributed by atoms with Crippen LogP contribution in [0.5, 0.6) is 0 Å². The first-order valence-electron chi connectivity index (χ1n) is 5.46. The van der Waals surface area contributed by atoms with Gasteiger partial charge in [0.2, 0.25) is 0 Å². The standard InChI is InChI=1S/C11H13N3O6/c1-19-10(15)6-13(7-11(16)20-2)8-3-4-12-5-9(8)14(17)18/h3-5H,6-7H2,1-2H3.